The number of anilines is 1. The monoisotopic (exact) mass is 292 g/mol. The SMILES string of the molecule is COCC1CCN(c2cc(F)cc(CNC3CC3)c2)CC1. The van der Waals surface area contributed by atoms with Crippen molar-refractivity contribution < 1.29 is 9.13 Å². The lowest BCUT2D eigenvalue weighted by Crippen LogP contribution is -2.35. The van der Waals surface area contributed by atoms with Crippen molar-refractivity contribution in [3.63, 3.8) is 0 Å². The van der Waals surface area contributed by atoms with Gasteiger partial charge in [-0.25, -0.2) is 4.39 Å². The van der Waals surface area contributed by atoms with E-state index in [4.69, 9.17) is 4.74 Å². The molecule has 1 N–H and O–H groups in total. The van der Waals surface area contributed by atoms with Crippen molar-refractivity contribution in [2.24, 2.45) is 5.92 Å². The standard InChI is InChI=1S/C17H25FN2O/c1-21-12-13-4-6-20(7-5-13)17-9-14(8-15(18)10-17)11-19-16-2-3-16/h8-10,13,16,19H,2-7,11-12H2,1H3. The van der Waals surface area contributed by atoms with Gasteiger partial charge in [-0.2, -0.15) is 0 Å². The van der Waals surface area contributed by atoms with E-state index in [1.165, 1.54) is 12.8 Å². The molecule has 4 heteroatoms. The second kappa shape index (κ2) is 6.75. The highest BCUT2D eigenvalue weighted by Gasteiger charge is 2.22. The van der Waals surface area contributed by atoms with Gasteiger partial charge in [-0.15, -0.1) is 0 Å². The Balaban J connectivity index is 1.61. The van der Waals surface area contributed by atoms with E-state index in [0.29, 0.717) is 12.0 Å². The van der Waals surface area contributed by atoms with E-state index in [9.17, 15) is 4.39 Å². The molecule has 0 atom stereocenters. The highest BCUT2D eigenvalue weighted by molar-refractivity contribution is 5.49. The summed E-state index contributed by atoms with van der Waals surface area (Å²) in [5.74, 6) is 0.523. The van der Waals surface area contributed by atoms with Crippen molar-refractivity contribution in [3.05, 3.63) is 29.6 Å². The van der Waals surface area contributed by atoms with Crippen LogP contribution in [0.3, 0.4) is 0 Å². The summed E-state index contributed by atoms with van der Waals surface area (Å²) in [5.41, 5.74) is 2.08. The lowest BCUT2D eigenvalue weighted by atomic mass is 9.97. The highest BCUT2D eigenvalue weighted by Crippen LogP contribution is 2.26. The first-order valence-electron chi connectivity index (χ1n) is 8.01. The number of hydrogen-bond donors (Lipinski definition) is 1. The lowest BCUT2D eigenvalue weighted by Gasteiger charge is -2.33. The maximum Gasteiger partial charge on any atom is 0.125 e. The van der Waals surface area contributed by atoms with Gasteiger partial charge in [0.2, 0.25) is 0 Å². The number of halogens is 1. The zero-order chi connectivity index (χ0) is 14.7. The van der Waals surface area contributed by atoms with Crippen molar-refractivity contribution in [1.29, 1.82) is 0 Å². The fraction of sp³-hybridized carbons (Fsp3) is 0.647. The predicted octanol–water partition coefficient (Wildman–Crippen LogP) is 2.94. The predicted molar refractivity (Wildman–Crippen MR) is 83.1 cm³/mol. The van der Waals surface area contributed by atoms with Crippen LogP contribution in [-0.4, -0.2) is 32.8 Å². The minimum Gasteiger partial charge on any atom is -0.384 e. The molecule has 0 unspecified atom stereocenters. The third-order valence-corrected chi connectivity index (χ3v) is 4.50. The summed E-state index contributed by atoms with van der Waals surface area (Å²) in [6.45, 7) is 3.60. The number of nitrogens with one attached hydrogen (secondary N) is 1. The van der Waals surface area contributed by atoms with E-state index in [1.54, 1.807) is 19.2 Å². The second-order valence-corrected chi connectivity index (χ2v) is 6.36. The van der Waals surface area contributed by atoms with Gasteiger partial charge < -0.3 is 15.0 Å². The van der Waals surface area contributed by atoms with Gasteiger partial charge in [0.25, 0.3) is 0 Å². The molecule has 3 rings (SSSR count). The molecule has 21 heavy (non-hydrogen) atoms. The summed E-state index contributed by atoms with van der Waals surface area (Å²) >= 11 is 0. The Morgan fingerprint density at radius 3 is 2.62 bits per heavy atom. The average Bonchev–Trinajstić information content (AvgIpc) is 3.30. The molecule has 1 aromatic carbocycles. The Morgan fingerprint density at radius 1 is 1.19 bits per heavy atom. The Labute approximate surface area is 126 Å². The van der Waals surface area contributed by atoms with Gasteiger partial charge in [0, 0.05) is 45.1 Å². The summed E-state index contributed by atoms with van der Waals surface area (Å²) in [7, 11) is 1.76. The quantitative estimate of drug-likeness (QED) is 0.872. The van der Waals surface area contributed by atoms with Crippen LogP contribution in [0.2, 0.25) is 0 Å². The van der Waals surface area contributed by atoms with Crippen LogP contribution >= 0.6 is 0 Å². The van der Waals surface area contributed by atoms with E-state index >= 15 is 0 Å². The van der Waals surface area contributed by atoms with E-state index in [1.807, 2.05) is 0 Å². The van der Waals surface area contributed by atoms with E-state index in [2.05, 4.69) is 16.3 Å². The summed E-state index contributed by atoms with van der Waals surface area (Å²) in [6.07, 6.45) is 4.77. The summed E-state index contributed by atoms with van der Waals surface area (Å²) < 4.78 is 19.1. The Kier molecular flexibility index (Phi) is 4.76. The highest BCUT2D eigenvalue weighted by atomic mass is 19.1. The minimum absolute atomic E-state index is 0.126. The molecule has 1 saturated carbocycles. The molecule has 0 aromatic heterocycles. The molecule has 3 nitrogen and oxygen atoms in total. The fourth-order valence-corrected chi connectivity index (χ4v) is 3.06. The molecule has 1 saturated heterocycles. The number of benzene rings is 1. The van der Waals surface area contributed by atoms with Crippen LogP contribution in [0, 0.1) is 11.7 Å². The number of rotatable bonds is 6. The van der Waals surface area contributed by atoms with E-state index in [0.717, 1.165) is 50.3 Å². The van der Waals surface area contributed by atoms with Crippen LogP contribution in [0.4, 0.5) is 10.1 Å². The summed E-state index contributed by atoms with van der Waals surface area (Å²) in [5, 5.41) is 3.45. The van der Waals surface area contributed by atoms with Gasteiger partial charge in [0.15, 0.2) is 0 Å². The average molecular weight is 292 g/mol. The van der Waals surface area contributed by atoms with Crippen molar-refractivity contribution in [3.8, 4) is 0 Å². The van der Waals surface area contributed by atoms with Crippen LogP contribution in [-0.2, 0) is 11.3 Å². The molecule has 0 amide bonds. The van der Waals surface area contributed by atoms with Crippen LogP contribution < -0.4 is 10.2 Å². The van der Waals surface area contributed by atoms with Gasteiger partial charge in [-0.05, 0) is 55.4 Å². The first kappa shape index (κ1) is 14.8. The van der Waals surface area contributed by atoms with E-state index in [-0.39, 0.29) is 5.82 Å². The zero-order valence-electron chi connectivity index (χ0n) is 12.8. The van der Waals surface area contributed by atoms with Crippen LogP contribution in [0.1, 0.15) is 31.2 Å². The number of hydrogen-bond acceptors (Lipinski definition) is 3. The number of piperidine rings is 1. The summed E-state index contributed by atoms with van der Waals surface area (Å²) in [4.78, 5) is 2.30. The molecule has 2 aliphatic rings. The normalized spacial score (nSPS) is 20.0. The maximum absolute atomic E-state index is 13.8. The molecule has 0 bridgehead atoms. The first-order chi connectivity index (χ1) is 10.2. The maximum atomic E-state index is 13.8. The third kappa shape index (κ3) is 4.17. The van der Waals surface area contributed by atoms with Crippen LogP contribution in [0.5, 0.6) is 0 Å². The molecule has 1 heterocycles. The molecule has 1 aliphatic carbocycles. The molecular weight excluding hydrogens is 267 g/mol. The molecule has 116 valence electrons. The van der Waals surface area contributed by atoms with Crippen molar-refractivity contribution in [2.45, 2.75) is 38.3 Å². The first-order valence-corrected chi connectivity index (χ1v) is 8.01. The minimum atomic E-state index is -0.126. The fourth-order valence-electron chi connectivity index (χ4n) is 3.06. The molecule has 0 spiro atoms. The second-order valence-electron chi connectivity index (χ2n) is 6.36. The van der Waals surface area contributed by atoms with Crippen molar-refractivity contribution >= 4 is 5.69 Å². The molecule has 2 fully saturated rings. The molecule has 1 aromatic rings. The Hall–Kier alpha value is -1.13. The van der Waals surface area contributed by atoms with Gasteiger partial charge in [0.05, 0.1) is 0 Å². The summed E-state index contributed by atoms with van der Waals surface area (Å²) in [6, 6.07) is 6.10. The smallest absolute Gasteiger partial charge is 0.125 e. The van der Waals surface area contributed by atoms with Gasteiger partial charge >= 0.3 is 0 Å². The number of methoxy groups -OCH3 is 1. The Morgan fingerprint density at radius 2 is 1.95 bits per heavy atom. The number of ether oxygens (including phenoxy) is 1. The number of nitrogens with zero attached hydrogens (tertiary/aromatic N) is 1. The third-order valence-electron chi connectivity index (χ3n) is 4.50. The molecule has 1 aliphatic heterocycles. The zero-order valence-corrected chi connectivity index (χ0v) is 12.8. The van der Waals surface area contributed by atoms with Gasteiger partial charge in [-0.1, -0.05) is 0 Å². The van der Waals surface area contributed by atoms with E-state index < -0.39 is 0 Å². The van der Waals surface area contributed by atoms with Crippen molar-refractivity contribution in [1.82, 2.24) is 5.32 Å². The topological polar surface area (TPSA) is 24.5 Å². The molecular formula is C17H25FN2O. The lowest BCUT2D eigenvalue weighted by molar-refractivity contribution is 0.139. The van der Waals surface area contributed by atoms with Gasteiger partial charge in [-0.3, -0.25) is 0 Å². The van der Waals surface area contributed by atoms with Crippen LogP contribution in [0.25, 0.3) is 0 Å². The van der Waals surface area contributed by atoms with Crippen LogP contribution in [0.15, 0.2) is 18.2 Å². The Bertz CT molecular complexity index is 468. The largest absolute Gasteiger partial charge is 0.384 e. The molecule has 0 radical (unpaired) electrons. The van der Waals surface area contributed by atoms with Crippen molar-refractivity contribution in [2.75, 3.05) is 31.7 Å². The van der Waals surface area contributed by atoms with Gasteiger partial charge in [0.1, 0.15) is 5.82 Å².